The quantitative estimate of drug-likeness (QED) is 0.898. The van der Waals surface area contributed by atoms with Gasteiger partial charge < -0.3 is 5.32 Å². The molecule has 3 saturated carbocycles. The maximum Gasteiger partial charge on any atom is 0.137 e. The van der Waals surface area contributed by atoms with Crippen molar-refractivity contribution in [1.82, 2.24) is 5.32 Å². The molecule has 3 aliphatic carbocycles. The van der Waals surface area contributed by atoms with Crippen LogP contribution in [0.5, 0.6) is 0 Å². The number of benzene rings is 2. The van der Waals surface area contributed by atoms with E-state index in [4.69, 9.17) is 0 Å². The molecule has 4 unspecified atom stereocenters. The Morgan fingerprint density at radius 3 is 2.44 bits per heavy atom. The second-order valence-corrected chi connectivity index (χ2v) is 8.04. The van der Waals surface area contributed by atoms with Crippen LogP contribution in [0.1, 0.15) is 42.9 Å². The molecule has 5 rings (SSSR count). The number of nitrogens with one attached hydrogen (secondary N) is 1. The highest BCUT2D eigenvalue weighted by Gasteiger charge is 2.55. The van der Waals surface area contributed by atoms with Crippen LogP contribution < -0.4 is 5.32 Å². The van der Waals surface area contributed by atoms with Gasteiger partial charge >= 0.3 is 0 Å². The topological polar surface area (TPSA) is 29.1 Å². The minimum absolute atomic E-state index is 0.0271. The van der Waals surface area contributed by atoms with Crippen LogP contribution in [-0.2, 0) is 16.8 Å². The second-order valence-electron chi connectivity index (χ2n) is 8.04. The molecule has 2 aromatic rings. The van der Waals surface area contributed by atoms with Gasteiger partial charge in [-0.15, -0.1) is 0 Å². The van der Waals surface area contributed by atoms with E-state index < -0.39 is 0 Å². The molecule has 4 atom stereocenters. The van der Waals surface area contributed by atoms with Crippen LogP contribution in [0.15, 0.2) is 54.6 Å². The van der Waals surface area contributed by atoms with Crippen LogP contribution in [-0.4, -0.2) is 11.8 Å². The molecule has 0 aromatic heterocycles. The van der Waals surface area contributed by atoms with Gasteiger partial charge in [0, 0.05) is 30.3 Å². The third-order valence-corrected chi connectivity index (χ3v) is 6.63. The number of Topliss-reactive ketones (excluding diaryl/α,β-unsaturated/α-hetero) is 1. The molecule has 0 saturated heterocycles. The maximum atomic E-state index is 12.6. The summed E-state index contributed by atoms with van der Waals surface area (Å²) in [5.74, 6) is 1.06. The van der Waals surface area contributed by atoms with E-state index in [1.54, 1.807) is 0 Å². The SMILES string of the molecule is Cc1ccc(C2(C)C3CCC(C(=O)C3)C2NCc2ccccc2)cc1. The zero-order chi connectivity index (χ0) is 17.4. The summed E-state index contributed by atoms with van der Waals surface area (Å²) in [5, 5.41) is 3.78. The average Bonchev–Trinajstić information content (AvgIpc) is 2.63. The van der Waals surface area contributed by atoms with Crippen molar-refractivity contribution in [3.05, 3.63) is 71.3 Å². The number of carbonyl (C=O) groups is 1. The number of ketones is 1. The molecule has 0 amide bonds. The van der Waals surface area contributed by atoms with E-state index in [9.17, 15) is 4.79 Å². The lowest BCUT2D eigenvalue weighted by Crippen LogP contribution is -2.63. The number of hydrogen-bond donors (Lipinski definition) is 1. The Morgan fingerprint density at radius 2 is 1.76 bits per heavy atom. The predicted octanol–water partition coefficient (Wildman–Crippen LogP) is 4.41. The number of hydrogen-bond acceptors (Lipinski definition) is 2. The molecule has 2 heteroatoms. The first-order valence-electron chi connectivity index (χ1n) is 9.46. The normalized spacial score (nSPS) is 31.3. The monoisotopic (exact) mass is 333 g/mol. The van der Waals surface area contributed by atoms with Gasteiger partial charge in [0.05, 0.1) is 0 Å². The minimum atomic E-state index is 0.0271. The average molecular weight is 333 g/mol. The van der Waals surface area contributed by atoms with Crippen LogP contribution >= 0.6 is 0 Å². The molecule has 0 radical (unpaired) electrons. The Bertz CT molecular complexity index is 751. The van der Waals surface area contributed by atoms with E-state index in [1.165, 1.54) is 23.1 Å². The molecule has 3 aliphatic rings. The summed E-state index contributed by atoms with van der Waals surface area (Å²) in [6, 6.07) is 19.7. The number of fused-ring (bicyclic) bond motifs is 3. The lowest BCUT2D eigenvalue weighted by atomic mass is 9.51. The Hall–Kier alpha value is -1.93. The van der Waals surface area contributed by atoms with Crippen molar-refractivity contribution in [1.29, 1.82) is 0 Å². The fourth-order valence-electron chi connectivity index (χ4n) is 5.08. The van der Waals surface area contributed by atoms with E-state index in [0.29, 0.717) is 11.7 Å². The standard InChI is InChI=1S/C23H27NO/c1-16-8-10-18(11-9-16)23(2)19-12-13-20(21(25)14-19)22(23)24-15-17-6-4-3-5-7-17/h3-11,19-20,22,24H,12-15H2,1-2H3. The van der Waals surface area contributed by atoms with Crippen molar-refractivity contribution in [3.63, 3.8) is 0 Å². The summed E-state index contributed by atoms with van der Waals surface area (Å²) < 4.78 is 0. The highest BCUT2D eigenvalue weighted by Crippen LogP contribution is 2.52. The molecule has 2 aromatic carbocycles. The minimum Gasteiger partial charge on any atom is -0.308 e. The highest BCUT2D eigenvalue weighted by atomic mass is 16.1. The van der Waals surface area contributed by atoms with E-state index in [-0.39, 0.29) is 17.4 Å². The van der Waals surface area contributed by atoms with Crippen molar-refractivity contribution in [2.45, 2.75) is 51.1 Å². The van der Waals surface area contributed by atoms with E-state index >= 15 is 0 Å². The Balaban J connectivity index is 1.67. The van der Waals surface area contributed by atoms with Gasteiger partial charge in [0.15, 0.2) is 0 Å². The van der Waals surface area contributed by atoms with Crippen LogP contribution in [0.4, 0.5) is 0 Å². The molecular weight excluding hydrogens is 306 g/mol. The summed E-state index contributed by atoms with van der Waals surface area (Å²) in [6.07, 6.45) is 2.96. The lowest BCUT2D eigenvalue weighted by molar-refractivity contribution is -0.135. The van der Waals surface area contributed by atoms with Crippen molar-refractivity contribution >= 4 is 5.78 Å². The van der Waals surface area contributed by atoms with Crippen LogP contribution in [0.3, 0.4) is 0 Å². The molecular formula is C23H27NO. The summed E-state index contributed by atoms with van der Waals surface area (Å²) in [6.45, 7) is 5.33. The molecule has 0 aliphatic heterocycles. The van der Waals surface area contributed by atoms with Gasteiger partial charge in [-0.05, 0) is 36.8 Å². The maximum absolute atomic E-state index is 12.6. The van der Waals surface area contributed by atoms with E-state index in [1.807, 2.05) is 6.07 Å². The Labute approximate surface area is 150 Å². The smallest absolute Gasteiger partial charge is 0.137 e. The number of rotatable bonds is 4. The van der Waals surface area contributed by atoms with Gasteiger partial charge in [-0.3, -0.25) is 4.79 Å². The van der Waals surface area contributed by atoms with Gasteiger partial charge in [-0.2, -0.15) is 0 Å². The van der Waals surface area contributed by atoms with Crippen LogP contribution in [0.25, 0.3) is 0 Å². The summed E-state index contributed by atoms with van der Waals surface area (Å²) >= 11 is 0. The molecule has 0 spiro atoms. The number of aryl methyl sites for hydroxylation is 1. The summed E-state index contributed by atoms with van der Waals surface area (Å²) in [4.78, 5) is 12.6. The molecule has 130 valence electrons. The third kappa shape index (κ3) is 2.83. The predicted molar refractivity (Wildman–Crippen MR) is 101 cm³/mol. The molecule has 2 nitrogen and oxygen atoms in total. The van der Waals surface area contributed by atoms with E-state index in [0.717, 1.165) is 19.4 Å². The van der Waals surface area contributed by atoms with Crippen molar-refractivity contribution in [3.8, 4) is 0 Å². The molecule has 25 heavy (non-hydrogen) atoms. The van der Waals surface area contributed by atoms with Gasteiger partial charge in [-0.1, -0.05) is 67.1 Å². The van der Waals surface area contributed by atoms with Crippen LogP contribution in [0.2, 0.25) is 0 Å². The van der Waals surface area contributed by atoms with Crippen molar-refractivity contribution < 1.29 is 4.79 Å². The Kier molecular flexibility index (Phi) is 4.24. The zero-order valence-corrected chi connectivity index (χ0v) is 15.2. The fraction of sp³-hybridized carbons (Fsp3) is 0.435. The molecule has 3 fully saturated rings. The van der Waals surface area contributed by atoms with Crippen molar-refractivity contribution in [2.75, 3.05) is 0 Å². The largest absolute Gasteiger partial charge is 0.308 e. The zero-order valence-electron chi connectivity index (χ0n) is 15.2. The van der Waals surface area contributed by atoms with Crippen molar-refractivity contribution in [2.24, 2.45) is 11.8 Å². The molecule has 1 N–H and O–H groups in total. The van der Waals surface area contributed by atoms with Gasteiger partial charge in [0.1, 0.15) is 5.78 Å². The Morgan fingerprint density at radius 1 is 1.04 bits per heavy atom. The highest BCUT2D eigenvalue weighted by molar-refractivity contribution is 5.84. The first-order valence-corrected chi connectivity index (χ1v) is 9.46. The van der Waals surface area contributed by atoms with E-state index in [2.05, 4.69) is 67.7 Å². The molecule has 0 heterocycles. The lowest BCUT2D eigenvalue weighted by Gasteiger charge is -2.55. The fourth-order valence-corrected chi connectivity index (χ4v) is 5.08. The summed E-state index contributed by atoms with van der Waals surface area (Å²) in [7, 11) is 0. The second kappa shape index (κ2) is 6.42. The number of carbonyl (C=O) groups excluding carboxylic acids is 1. The van der Waals surface area contributed by atoms with Gasteiger partial charge in [0.25, 0.3) is 0 Å². The van der Waals surface area contributed by atoms with Gasteiger partial charge in [0.2, 0.25) is 0 Å². The van der Waals surface area contributed by atoms with Gasteiger partial charge in [-0.25, -0.2) is 0 Å². The first-order chi connectivity index (χ1) is 12.1. The summed E-state index contributed by atoms with van der Waals surface area (Å²) in [5.41, 5.74) is 3.98. The first kappa shape index (κ1) is 16.5. The third-order valence-electron chi connectivity index (χ3n) is 6.63. The molecule has 2 bridgehead atoms. The van der Waals surface area contributed by atoms with Crippen LogP contribution in [0, 0.1) is 18.8 Å².